The highest BCUT2D eigenvalue weighted by Crippen LogP contribution is 2.25. The van der Waals surface area contributed by atoms with Gasteiger partial charge >= 0.3 is 0 Å². The Kier molecular flexibility index (Phi) is 3.62. The number of hydrogen-bond donors (Lipinski definition) is 1. The predicted molar refractivity (Wildman–Crippen MR) is 64.9 cm³/mol. The Morgan fingerprint density at radius 2 is 1.93 bits per heavy atom. The van der Waals surface area contributed by atoms with Gasteiger partial charge in [0, 0.05) is 16.2 Å². The normalized spacial score (nSPS) is 11.8. The minimum absolute atomic E-state index is 0.0952. The van der Waals surface area contributed by atoms with Crippen molar-refractivity contribution >= 4 is 11.8 Å². The number of benzene rings is 1. The number of thioether (sulfide) groups is 1. The maximum absolute atomic E-state index is 5.94. The highest BCUT2D eigenvalue weighted by atomic mass is 32.2. The van der Waals surface area contributed by atoms with Gasteiger partial charge in [-0.15, -0.1) is 11.8 Å². The number of nitrogens with two attached hydrogens (primary N) is 1. The average Bonchev–Trinajstić information content (AvgIpc) is 2.00. The van der Waals surface area contributed by atoms with Gasteiger partial charge in [0.2, 0.25) is 0 Å². The van der Waals surface area contributed by atoms with Crippen molar-refractivity contribution in [2.75, 3.05) is 5.75 Å². The van der Waals surface area contributed by atoms with Gasteiger partial charge in [0.05, 0.1) is 0 Å². The Bertz CT molecular complexity index is 313. The second-order valence-corrected chi connectivity index (χ2v) is 5.56. The highest BCUT2D eigenvalue weighted by Gasteiger charge is 2.11. The first-order valence-corrected chi connectivity index (χ1v) is 5.86. The molecule has 0 aliphatic carbocycles. The monoisotopic (exact) mass is 209 g/mol. The van der Waals surface area contributed by atoms with Gasteiger partial charge in [-0.25, -0.2) is 0 Å². The lowest BCUT2D eigenvalue weighted by Crippen LogP contribution is -2.34. The summed E-state index contributed by atoms with van der Waals surface area (Å²) in [6, 6.07) is 6.55. The molecular formula is C12H19NS. The summed E-state index contributed by atoms with van der Waals surface area (Å²) in [7, 11) is 0. The van der Waals surface area contributed by atoms with E-state index in [4.69, 9.17) is 5.73 Å². The smallest absolute Gasteiger partial charge is 0.0192 e. The summed E-state index contributed by atoms with van der Waals surface area (Å²) in [5, 5.41) is 0. The van der Waals surface area contributed by atoms with E-state index in [1.54, 1.807) is 0 Å². The topological polar surface area (TPSA) is 26.0 Å². The van der Waals surface area contributed by atoms with E-state index >= 15 is 0 Å². The third-order valence-corrected chi connectivity index (χ3v) is 3.59. The number of hydrogen-bond acceptors (Lipinski definition) is 2. The first kappa shape index (κ1) is 11.6. The molecule has 0 radical (unpaired) electrons. The predicted octanol–water partition coefficient (Wildman–Crippen LogP) is 3.13. The van der Waals surface area contributed by atoms with Crippen molar-refractivity contribution in [1.82, 2.24) is 0 Å². The molecule has 2 heteroatoms. The maximum atomic E-state index is 5.94. The summed E-state index contributed by atoms with van der Waals surface area (Å²) in [5.74, 6) is 0.955. The second-order valence-electron chi connectivity index (χ2n) is 4.55. The Hall–Kier alpha value is -0.470. The fourth-order valence-corrected chi connectivity index (χ4v) is 2.20. The summed E-state index contributed by atoms with van der Waals surface area (Å²) in [6.07, 6.45) is 0. The average molecular weight is 209 g/mol. The van der Waals surface area contributed by atoms with Gasteiger partial charge in [-0.05, 0) is 39.3 Å². The molecule has 0 bridgehead atoms. The van der Waals surface area contributed by atoms with Gasteiger partial charge in [-0.1, -0.05) is 17.7 Å². The van der Waals surface area contributed by atoms with Crippen molar-refractivity contribution in [1.29, 1.82) is 0 Å². The quantitative estimate of drug-likeness (QED) is 0.774. The Morgan fingerprint density at radius 1 is 1.29 bits per heavy atom. The van der Waals surface area contributed by atoms with Gasteiger partial charge < -0.3 is 5.73 Å². The zero-order chi connectivity index (χ0) is 10.8. The molecule has 0 atom stereocenters. The molecule has 0 aliphatic heterocycles. The maximum Gasteiger partial charge on any atom is 0.0192 e. The number of aryl methyl sites for hydroxylation is 2. The van der Waals surface area contributed by atoms with E-state index in [2.05, 4.69) is 45.9 Å². The highest BCUT2D eigenvalue weighted by molar-refractivity contribution is 7.99. The van der Waals surface area contributed by atoms with E-state index in [0.717, 1.165) is 5.75 Å². The van der Waals surface area contributed by atoms with Gasteiger partial charge in [-0.2, -0.15) is 0 Å². The zero-order valence-electron chi connectivity index (χ0n) is 9.42. The summed E-state index contributed by atoms with van der Waals surface area (Å²) < 4.78 is 0. The van der Waals surface area contributed by atoms with Crippen molar-refractivity contribution in [3.05, 3.63) is 29.3 Å². The molecular weight excluding hydrogens is 190 g/mol. The van der Waals surface area contributed by atoms with Gasteiger partial charge in [0.15, 0.2) is 0 Å². The summed E-state index contributed by atoms with van der Waals surface area (Å²) in [4.78, 5) is 1.34. The van der Waals surface area contributed by atoms with Crippen molar-refractivity contribution in [3.63, 3.8) is 0 Å². The van der Waals surface area contributed by atoms with E-state index in [1.807, 2.05) is 11.8 Å². The molecule has 1 aromatic carbocycles. The lowest BCUT2D eigenvalue weighted by molar-refractivity contribution is 0.591. The first-order chi connectivity index (χ1) is 6.38. The molecule has 0 unspecified atom stereocenters. The lowest BCUT2D eigenvalue weighted by Gasteiger charge is -2.18. The third-order valence-electron chi connectivity index (χ3n) is 1.93. The van der Waals surface area contributed by atoms with E-state index < -0.39 is 0 Å². The fourth-order valence-electron chi connectivity index (χ4n) is 1.23. The molecule has 0 amide bonds. The van der Waals surface area contributed by atoms with Crippen LogP contribution in [-0.4, -0.2) is 11.3 Å². The second kappa shape index (κ2) is 4.37. The molecule has 0 saturated carbocycles. The minimum atomic E-state index is -0.0952. The molecule has 0 fully saturated rings. The van der Waals surface area contributed by atoms with Crippen molar-refractivity contribution < 1.29 is 0 Å². The van der Waals surface area contributed by atoms with E-state index in [9.17, 15) is 0 Å². The summed E-state index contributed by atoms with van der Waals surface area (Å²) in [5.41, 5.74) is 8.51. The Balaban J connectivity index is 2.68. The van der Waals surface area contributed by atoms with Crippen LogP contribution in [0.25, 0.3) is 0 Å². The van der Waals surface area contributed by atoms with Gasteiger partial charge in [0.1, 0.15) is 0 Å². The van der Waals surface area contributed by atoms with Gasteiger partial charge in [0.25, 0.3) is 0 Å². The molecule has 2 N–H and O–H groups in total. The summed E-state index contributed by atoms with van der Waals surface area (Å²) in [6.45, 7) is 8.39. The van der Waals surface area contributed by atoms with Crippen LogP contribution in [0.3, 0.4) is 0 Å². The van der Waals surface area contributed by atoms with Crippen molar-refractivity contribution in [3.8, 4) is 0 Å². The standard InChI is InChI=1S/C12H19NS/c1-9-5-6-11(10(2)7-9)14-8-12(3,4)13/h5-7H,8,13H2,1-4H3. The van der Waals surface area contributed by atoms with Crippen LogP contribution < -0.4 is 5.73 Å². The molecule has 0 heterocycles. The van der Waals surface area contributed by atoms with E-state index in [0.29, 0.717) is 0 Å². The minimum Gasteiger partial charge on any atom is -0.325 e. The van der Waals surface area contributed by atoms with Crippen LogP contribution >= 0.6 is 11.8 Å². The van der Waals surface area contributed by atoms with E-state index in [1.165, 1.54) is 16.0 Å². The van der Waals surface area contributed by atoms with Gasteiger partial charge in [-0.3, -0.25) is 0 Å². The largest absolute Gasteiger partial charge is 0.325 e. The molecule has 0 aliphatic rings. The fraction of sp³-hybridized carbons (Fsp3) is 0.500. The zero-order valence-corrected chi connectivity index (χ0v) is 10.2. The third kappa shape index (κ3) is 3.72. The molecule has 0 aromatic heterocycles. The Labute approximate surface area is 91.1 Å². The SMILES string of the molecule is Cc1ccc(SCC(C)(C)N)c(C)c1. The molecule has 1 nitrogen and oxygen atoms in total. The van der Waals surface area contributed by atoms with Crippen LogP contribution in [0.4, 0.5) is 0 Å². The van der Waals surface area contributed by atoms with Crippen LogP contribution in [-0.2, 0) is 0 Å². The lowest BCUT2D eigenvalue weighted by atomic mass is 10.1. The van der Waals surface area contributed by atoms with Crippen molar-refractivity contribution in [2.45, 2.75) is 38.1 Å². The van der Waals surface area contributed by atoms with Crippen LogP contribution in [0.15, 0.2) is 23.1 Å². The Morgan fingerprint density at radius 3 is 2.43 bits per heavy atom. The van der Waals surface area contributed by atoms with Crippen LogP contribution in [0.5, 0.6) is 0 Å². The molecule has 0 spiro atoms. The summed E-state index contributed by atoms with van der Waals surface area (Å²) >= 11 is 1.84. The van der Waals surface area contributed by atoms with Crippen molar-refractivity contribution in [2.24, 2.45) is 5.73 Å². The van der Waals surface area contributed by atoms with Crippen LogP contribution in [0.1, 0.15) is 25.0 Å². The molecule has 78 valence electrons. The van der Waals surface area contributed by atoms with E-state index in [-0.39, 0.29) is 5.54 Å². The molecule has 0 saturated heterocycles. The molecule has 1 aromatic rings. The number of rotatable bonds is 3. The molecule has 1 rings (SSSR count). The first-order valence-electron chi connectivity index (χ1n) is 4.87. The molecule has 14 heavy (non-hydrogen) atoms. The van der Waals surface area contributed by atoms with Crippen LogP contribution in [0, 0.1) is 13.8 Å². The van der Waals surface area contributed by atoms with Crippen LogP contribution in [0.2, 0.25) is 0 Å².